The van der Waals surface area contributed by atoms with Crippen molar-refractivity contribution >= 4 is 62.3 Å². The third-order valence-electron chi connectivity index (χ3n) is 5.18. The van der Waals surface area contributed by atoms with E-state index in [1.807, 2.05) is 0 Å². The van der Waals surface area contributed by atoms with Gasteiger partial charge >= 0.3 is 0 Å². The van der Waals surface area contributed by atoms with Crippen LogP contribution in [0, 0.1) is 0 Å². The molecule has 2 aromatic rings. The molecule has 0 fully saturated rings. The van der Waals surface area contributed by atoms with Crippen molar-refractivity contribution in [3.05, 3.63) is 63.1 Å². The zero-order valence-corrected chi connectivity index (χ0v) is 22.3. The van der Waals surface area contributed by atoms with Crippen LogP contribution in [0.2, 0.25) is 15.1 Å². The largest absolute Gasteiger partial charge is 0.355 e. The molecule has 2 rings (SSSR count). The monoisotopic (exact) mass is 547 g/mol. The van der Waals surface area contributed by atoms with E-state index in [-0.39, 0.29) is 37.7 Å². The highest BCUT2D eigenvalue weighted by Gasteiger charge is 2.27. The standard InChI is InChI=1S/C23H28Cl3N3O4S/c1-4-27-23(31)16(2)28(15-19-20(25)7-5-8-21(19)26)22(30)9-6-14-29(34(3,32)33)18-12-10-17(24)11-13-18/h5,7-8,10-13,16H,4,6,9,14-15H2,1-3H3,(H,27,31). The fourth-order valence-electron chi connectivity index (χ4n) is 3.37. The number of hydrogen-bond acceptors (Lipinski definition) is 4. The summed E-state index contributed by atoms with van der Waals surface area (Å²) in [5, 5.41) is 3.98. The molecule has 186 valence electrons. The van der Waals surface area contributed by atoms with Gasteiger partial charge in [0.25, 0.3) is 0 Å². The second kappa shape index (κ2) is 12.6. The Morgan fingerprint density at radius 1 is 1.03 bits per heavy atom. The van der Waals surface area contributed by atoms with Crippen LogP contribution in [0.25, 0.3) is 0 Å². The predicted octanol–water partition coefficient (Wildman–Crippen LogP) is 4.75. The summed E-state index contributed by atoms with van der Waals surface area (Å²) >= 11 is 18.5. The summed E-state index contributed by atoms with van der Waals surface area (Å²) in [5.74, 6) is -0.628. The molecule has 0 aliphatic carbocycles. The fourth-order valence-corrected chi connectivity index (χ4v) is 4.98. The molecule has 0 aromatic heterocycles. The molecular formula is C23H28Cl3N3O4S. The van der Waals surface area contributed by atoms with Crippen molar-refractivity contribution in [3.8, 4) is 0 Å². The number of carbonyl (C=O) groups is 2. The van der Waals surface area contributed by atoms with E-state index < -0.39 is 16.1 Å². The molecule has 0 aliphatic heterocycles. The Balaban J connectivity index is 2.20. The van der Waals surface area contributed by atoms with E-state index in [0.717, 1.165) is 6.26 Å². The minimum absolute atomic E-state index is 0.0193. The summed E-state index contributed by atoms with van der Waals surface area (Å²) in [4.78, 5) is 27.1. The molecule has 0 aliphatic rings. The second-order valence-corrected chi connectivity index (χ2v) is 10.9. The van der Waals surface area contributed by atoms with Crippen LogP contribution < -0.4 is 9.62 Å². The number of halogens is 3. The smallest absolute Gasteiger partial charge is 0.242 e. The number of amides is 2. The van der Waals surface area contributed by atoms with E-state index in [0.29, 0.717) is 32.9 Å². The van der Waals surface area contributed by atoms with Gasteiger partial charge in [0.05, 0.1) is 11.9 Å². The Labute approximate surface area is 216 Å². The van der Waals surface area contributed by atoms with E-state index >= 15 is 0 Å². The molecule has 0 radical (unpaired) electrons. The molecule has 0 saturated heterocycles. The van der Waals surface area contributed by atoms with Gasteiger partial charge < -0.3 is 10.2 Å². The lowest BCUT2D eigenvalue weighted by Gasteiger charge is -2.30. The van der Waals surface area contributed by atoms with Crippen LogP contribution in [0.5, 0.6) is 0 Å². The van der Waals surface area contributed by atoms with Crippen LogP contribution in [-0.2, 0) is 26.2 Å². The van der Waals surface area contributed by atoms with Crippen LogP contribution in [0.3, 0.4) is 0 Å². The minimum atomic E-state index is -3.58. The van der Waals surface area contributed by atoms with E-state index in [4.69, 9.17) is 34.8 Å². The van der Waals surface area contributed by atoms with Crippen LogP contribution in [-0.4, -0.2) is 50.5 Å². The number of hydrogen-bond donors (Lipinski definition) is 1. The normalized spacial score (nSPS) is 12.2. The van der Waals surface area contributed by atoms with Gasteiger partial charge in [-0.2, -0.15) is 0 Å². The Morgan fingerprint density at radius 2 is 1.62 bits per heavy atom. The molecule has 7 nitrogen and oxygen atoms in total. The number of carbonyl (C=O) groups excluding carboxylic acids is 2. The lowest BCUT2D eigenvalue weighted by atomic mass is 10.1. The number of rotatable bonds is 11. The van der Waals surface area contributed by atoms with Gasteiger partial charge in [0.2, 0.25) is 21.8 Å². The fraction of sp³-hybridized carbons (Fsp3) is 0.391. The predicted molar refractivity (Wildman–Crippen MR) is 138 cm³/mol. The van der Waals surface area contributed by atoms with Gasteiger partial charge in [0.1, 0.15) is 6.04 Å². The number of anilines is 1. The van der Waals surface area contributed by atoms with Gasteiger partial charge in [0.15, 0.2) is 0 Å². The maximum absolute atomic E-state index is 13.2. The molecule has 11 heteroatoms. The van der Waals surface area contributed by atoms with Crippen LogP contribution in [0.1, 0.15) is 32.3 Å². The van der Waals surface area contributed by atoms with Crippen LogP contribution in [0.15, 0.2) is 42.5 Å². The minimum Gasteiger partial charge on any atom is -0.355 e. The zero-order valence-electron chi connectivity index (χ0n) is 19.2. The average Bonchev–Trinajstić information content (AvgIpc) is 2.76. The van der Waals surface area contributed by atoms with Crippen molar-refractivity contribution in [2.24, 2.45) is 0 Å². The number of nitrogens with zero attached hydrogens (tertiary/aromatic N) is 2. The van der Waals surface area contributed by atoms with Gasteiger partial charge in [-0.25, -0.2) is 8.42 Å². The molecule has 1 unspecified atom stereocenters. The molecule has 0 bridgehead atoms. The SMILES string of the molecule is CCNC(=O)C(C)N(Cc1c(Cl)cccc1Cl)C(=O)CCCN(c1ccc(Cl)cc1)S(C)(=O)=O. The quantitative estimate of drug-likeness (QED) is 0.439. The highest BCUT2D eigenvalue weighted by molar-refractivity contribution is 7.92. The van der Waals surface area contributed by atoms with Gasteiger partial charge in [0, 0.05) is 46.7 Å². The third kappa shape index (κ3) is 7.77. The highest BCUT2D eigenvalue weighted by atomic mass is 35.5. The average molecular weight is 549 g/mol. The second-order valence-electron chi connectivity index (χ2n) is 7.71. The maximum Gasteiger partial charge on any atom is 0.242 e. The molecule has 1 N–H and O–H groups in total. The maximum atomic E-state index is 13.2. The molecule has 0 heterocycles. The summed E-state index contributed by atoms with van der Waals surface area (Å²) in [6, 6.07) is 10.7. The first kappa shape index (κ1) is 28.2. The van der Waals surface area contributed by atoms with Gasteiger partial charge in [-0.3, -0.25) is 13.9 Å². The van der Waals surface area contributed by atoms with E-state index in [2.05, 4.69) is 5.32 Å². The highest BCUT2D eigenvalue weighted by Crippen LogP contribution is 2.27. The topological polar surface area (TPSA) is 86.8 Å². The molecule has 0 spiro atoms. The lowest BCUT2D eigenvalue weighted by Crippen LogP contribution is -2.47. The first-order chi connectivity index (χ1) is 16.0. The van der Waals surface area contributed by atoms with Gasteiger partial charge in [-0.1, -0.05) is 40.9 Å². The van der Waals surface area contributed by atoms with E-state index in [1.54, 1.807) is 56.3 Å². The lowest BCUT2D eigenvalue weighted by molar-refractivity contribution is -0.140. The Bertz CT molecular complexity index is 1090. The molecule has 1 atom stereocenters. The zero-order chi connectivity index (χ0) is 25.5. The molecule has 2 aromatic carbocycles. The Kier molecular flexibility index (Phi) is 10.5. The number of benzene rings is 2. The van der Waals surface area contributed by atoms with Crippen molar-refractivity contribution in [1.82, 2.24) is 10.2 Å². The van der Waals surface area contributed by atoms with E-state index in [1.165, 1.54) is 9.21 Å². The number of sulfonamides is 1. The van der Waals surface area contributed by atoms with Crippen molar-refractivity contribution < 1.29 is 18.0 Å². The summed E-state index contributed by atoms with van der Waals surface area (Å²) in [6.07, 6.45) is 1.36. The summed E-state index contributed by atoms with van der Waals surface area (Å²) in [5.41, 5.74) is 0.990. The van der Waals surface area contributed by atoms with Gasteiger partial charge in [-0.05, 0) is 56.7 Å². The Morgan fingerprint density at radius 3 is 2.15 bits per heavy atom. The first-order valence-electron chi connectivity index (χ1n) is 10.7. The third-order valence-corrected chi connectivity index (χ3v) is 7.33. The van der Waals surface area contributed by atoms with Crippen molar-refractivity contribution in [3.63, 3.8) is 0 Å². The first-order valence-corrected chi connectivity index (χ1v) is 13.7. The molecular weight excluding hydrogens is 521 g/mol. The van der Waals surface area contributed by atoms with Crippen molar-refractivity contribution in [2.45, 2.75) is 39.3 Å². The van der Waals surface area contributed by atoms with E-state index in [9.17, 15) is 18.0 Å². The van der Waals surface area contributed by atoms with Crippen LogP contribution in [0.4, 0.5) is 5.69 Å². The Hall–Kier alpha value is -2.00. The number of nitrogens with one attached hydrogen (secondary N) is 1. The van der Waals surface area contributed by atoms with Crippen molar-refractivity contribution in [1.29, 1.82) is 0 Å². The van der Waals surface area contributed by atoms with Gasteiger partial charge in [-0.15, -0.1) is 0 Å². The van der Waals surface area contributed by atoms with Crippen LogP contribution >= 0.6 is 34.8 Å². The summed E-state index contributed by atoms with van der Waals surface area (Å²) in [7, 11) is -3.58. The molecule has 0 saturated carbocycles. The summed E-state index contributed by atoms with van der Waals surface area (Å²) in [6.45, 7) is 3.97. The summed E-state index contributed by atoms with van der Waals surface area (Å²) < 4.78 is 25.9. The molecule has 2 amide bonds. The molecule has 34 heavy (non-hydrogen) atoms. The number of likely N-dealkylation sites (N-methyl/N-ethyl adjacent to an activating group) is 1. The van der Waals surface area contributed by atoms with Crippen molar-refractivity contribution in [2.75, 3.05) is 23.7 Å².